The van der Waals surface area contributed by atoms with Crippen LogP contribution in [0.3, 0.4) is 0 Å². The Bertz CT molecular complexity index is 808. The van der Waals surface area contributed by atoms with Gasteiger partial charge in [-0.2, -0.15) is 9.97 Å². The minimum Gasteiger partial charge on any atom is -0.356 e. The molecule has 0 saturated carbocycles. The molecule has 174 valence electrons. The zero-order valence-electron chi connectivity index (χ0n) is 19.2. The SMILES string of the molecule is CC(=O)N1CCCC1C(=O)N1CCN(c2cc(N3CCCC3)nc(N3CCCC3)n2)CC1. The van der Waals surface area contributed by atoms with Crippen molar-refractivity contribution in [2.45, 2.75) is 51.5 Å². The predicted molar refractivity (Wildman–Crippen MR) is 124 cm³/mol. The zero-order valence-corrected chi connectivity index (χ0v) is 19.2. The van der Waals surface area contributed by atoms with Gasteiger partial charge in [-0.3, -0.25) is 9.59 Å². The number of carbonyl (C=O) groups is 2. The molecule has 1 atom stereocenters. The Labute approximate surface area is 190 Å². The Morgan fingerprint density at radius 2 is 1.31 bits per heavy atom. The number of amides is 2. The first-order chi connectivity index (χ1) is 15.6. The molecule has 2 amide bonds. The molecule has 0 bridgehead atoms. The number of hydrogen-bond acceptors (Lipinski definition) is 7. The quantitative estimate of drug-likeness (QED) is 0.698. The Balaban J connectivity index is 1.29. The van der Waals surface area contributed by atoms with Crippen LogP contribution in [0.25, 0.3) is 0 Å². The molecule has 5 rings (SSSR count). The van der Waals surface area contributed by atoms with Gasteiger partial charge < -0.3 is 24.5 Å². The summed E-state index contributed by atoms with van der Waals surface area (Å²) in [6.07, 6.45) is 6.53. The maximum Gasteiger partial charge on any atom is 0.245 e. The van der Waals surface area contributed by atoms with Crippen molar-refractivity contribution in [3.05, 3.63) is 6.07 Å². The van der Waals surface area contributed by atoms with Crippen molar-refractivity contribution < 1.29 is 9.59 Å². The Morgan fingerprint density at radius 1 is 0.750 bits per heavy atom. The van der Waals surface area contributed by atoms with Crippen molar-refractivity contribution in [1.29, 1.82) is 0 Å². The lowest BCUT2D eigenvalue weighted by atomic mass is 10.1. The van der Waals surface area contributed by atoms with Gasteiger partial charge in [-0.05, 0) is 38.5 Å². The summed E-state index contributed by atoms with van der Waals surface area (Å²) in [5.41, 5.74) is 0. The molecule has 5 heterocycles. The van der Waals surface area contributed by atoms with Crippen molar-refractivity contribution in [1.82, 2.24) is 19.8 Å². The van der Waals surface area contributed by atoms with Crippen LogP contribution < -0.4 is 14.7 Å². The molecule has 9 nitrogen and oxygen atoms in total. The second-order valence-electron chi connectivity index (χ2n) is 9.46. The molecule has 1 aromatic rings. The van der Waals surface area contributed by atoms with E-state index in [1.54, 1.807) is 11.8 Å². The number of carbonyl (C=O) groups excluding carboxylic acids is 2. The van der Waals surface area contributed by atoms with Gasteiger partial charge in [-0.1, -0.05) is 0 Å². The molecule has 4 fully saturated rings. The number of aromatic nitrogens is 2. The average molecular weight is 442 g/mol. The van der Waals surface area contributed by atoms with Gasteiger partial charge in [-0.25, -0.2) is 0 Å². The van der Waals surface area contributed by atoms with E-state index >= 15 is 0 Å². The third-order valence-electron chi connectivity index (χ3n) is 7.36. The monoisotopic (exact) mass is 441 g/mol. The number of rotatable bonds is 4. The summed E-state index contributed by atoms with van der Waals surface area (Å²) < 4.78 is 0. The van der Waals surface area contributed by atoms with Gasteiger partial charge in [0.25, 0.3) is 0 Å². The van der Waals surface area contributed by atoms with Gasteiger partial charge in [0.1, 0.15) is 17.7 Å². The molecule has 0 aliphatic carbocycles. The number of anilines is 3. The fraction of sp³-hybridized carbons (Fsp3) is 0.739. The van der Waals surface area contributed by atoms with E-state index in [4.69, 9.17) is 9.97 Å². The highest BCUT2D eigenvalue weighted by atomic mass is 16.2. The standard InChI is InChI=1S/C23H35N7O2/c1-18(31)30-12-6-7-19(30)22(32)28-15-13-27(14-16-28)21-17-20(26-8-2-3-9-26)24-23(25-21)29-10-4-5-11-29/h17,19H,2-16H2,1H3. The number of nitrogens with zero attached hydrogens (tertiary/aromatic N) is 7. The van der Waals surface area contributed by atoms with E-state index in [0.29, 0.717) is 19.6 Å². The second kappa shape index (κ2) is 9.11. The van der Waals surface area contributed by atoms with Crippen molar-refractivity contribution in [3.8, 4) is 0 Å². The minimum atomic E-state index is -0.276. The molecule has 0 radical (unpaired) electrons. The van der Waals surface area contributed by atoms with Crippen molar-refractivity contribution in [3.63, 3.8) is 0 Å². The minimum absolute atomic E-state index is 0.00403. The van der Waals surface area contributed by atoms with Gasteiger partial charge >= 0.3 is 0 Å². The zero-order chi connectivity index (χ0) is 22.1. The summed E-state index contributed by atoms with van der Waals surface area (Å²) in [6.45, 7) is 9.30. The van der Waals surface area contributed by atoms with Crippen LogP contribution in [-0.4, -0.2) is 96.5 Å². The summed E-state index contributed by atoms with van der Waals surface area (Å²) in [7, 11) is 0. The van der Waals surface area contributed by atoms with Gasteiger partial charge in [0.15, 0.2) is 0 Å². The van der Waals surface area contributed by atoms with E-state index in [1.807, 2.05) is 4.90 Å². The van der Waals surface area contributed by atoms with Crippen LogP contribution in [0.4, 0.5) is 17.6 Å². The van der Waals surface area contributed by atoms with Crippen LogP contribution >= 0.6 is 0 Å². The molecule has 4 saturated heterocycles. The summed E-state index contributed by atoms with van der Waals surface area (Å²) in [5.74, 6) is 2.97. The second-order valence-corrected chi connectivity index (χ2v) is 9.46. The maximum atomic E-state index is 13.1. The van der Waals surface area contributed by atoms with Gasteiger partial charge in [0.05, 0.1) is 0 Å². The molecular formula is C23H35N7O2. The van der Waals surface area contributed by atoms with Crippen LogP contribution in [0, 0.1) is 0 Å². The Kier molecular flexibility index (Phi) is 6.06. The summed E-state index contributed by atoms with van der Waals surface area (Å²) >= 11 is 0. The molecule has 0 aromatic carbocycles. The highest BCUT2D eigenvalue weighted by Gasteiger charge is 2.36. The topological polar surface area (TPSA) is 76.1 Å². The van der Waals surface area contributed by atoms with Gasteiger partial charge in [0, 0.05) is 71.9 Å². The fourth-order valence-electron chi connectivity index (χ4n) is 5.51. The lowest BCUT2D eigenvalue weighted by molar-refractivity contribution is -0.143. The molecular weight excluding hydrogens is 406 g/mol. The smallest absolute Gasteiger partial charge is 0.245 e. The third kappa shape index (κ3) is 4.21. The molecule has 0 spiro atoms. The number of piperazine rings is 1. The molecule has 0 N–H and O–H groups in total. The molecule has 1 unspecified atom stereocenters. The van der Waals surface area contributed by atoms with Crippen molar-refractivity contribution in [2.24, 2.45) is 0 Å². The Morgan fingerprint density at radius 3 is 1.91 bits per heavy atom. The Hall–Kier alpha value is -2.58. The maximum absolute atomic E-state index is 13.1. The van der Waals surface area contributed by atoms with Crippen molar-refractivity contribution >= 4 is 29.4 Å². The lowest BCUT2D eigenvalue weighted by Crippen LogP contribution is -2.54. The van der Waals surface area contributed by atoms with Crippen LogP contribution in [0.5, 0.6) is 0 Å². The summed E-state index contributed by atoms with van der Waals surface area (Å²) in [6, 6.07) is 1.86. The normalized spacial score (nSPS) is 24.0. The predicted octanol–water partition coefficient (Wildman–Crippen LogP) is 1.34. The van der Waals surface area contributed by atoms with E-state index in [9.17, 15) is 9.59 Å². The van der Waals surface area contributed by atoms with Crippen LogP contribution in [0.15, 0.2) is 6.07 Å². The highest BCUT2D eigenvalue weighted by molar-refractivity contribution is 5.87. The molecule has 4 aliphatic rings. The van der Waals surface area contributed by atoms with Crippen LogP contribution in [0.2, 0.25) is 0 Å². The average Bonchev–Trinajstić information content (AvgIpc) is 3.60. The van der Waals surface area contributed by atoms with E-state index in [1.165, 1.54) is 25.7 Å². The highest BCUT2D eigenvalue weighted by Crippen LogP contribution is 2.28. The molecule has 9 heteroatoms. The van der Waals surface area contributed by atoms with E-state index in [-0.39, 0.29) is 17.9 Å². The molecule has 1 aromatic heterocycles. The van der Waals surface area contributed by atoms with E-state index < -0.39 is 0 Å². The van der Waals surface area contributed by atoms with Crippen LogP contribution in [-0.2, 0) is 9.59 Å². The van der Waals surface area contributed by atoms with E-state index in [0.717, 1.165) is 69.7 Å². The summed E-state index contributed by atoms with van der Waals surface area (Å²) in [4.78, 5) is 45.5. The largest absolute Gasteiger partial charge is 0.356 e. The fourth-order valence-corrected chi connectivity index (χ4v) is 5.51. The van der Waals surface area contributed by atoms with Gasteiger partial charge in [0.2, 0.25) is 17.8 Å². The number of likely N-dealkylation sites (tertiary alicyclic amines) is 1. The first kappa shape index (κ1) is 21.3. The summed E-state index contributed by atoms with van der Waals surface area (Å²) in [5, 5.41) is 0. The molecule has 4 aliphatic heterocycles. The van der Waals surface area contributed by atoms with E-state index in [2.05, 4.69) is 20.8 Å². The van der Waals surface area contributed by atoms with Crippen LogP contribution in [0.1, 0.15) is 45.4 Å². The van der Waals surface area contributed by atoms with Crippen molar-refractivity contribution in [2.75, 3.05) is 73.6 Å². The number of hydrogen-bond donors (Lipinski definition) is 0. The first-order valence-electron chi connectivity index (χ1n) is 12.3. The first-order valence-corrected chi connectivity index (χ1v) is 12.3. The molecule has 32 heavy (non-hydrogen) atoms. The third-order valence-corrected chi connectivity index (χ3v) is 7.36. The van der Waals surface area contributed by atoms with Gasteiger partial charge in [-0.15, -0.1) is 0 Å². The lowest BCUT2D eigenvalue weighted by Gasteiger charge is -2.38.